The number of hydrogen-bond acceptors (Lipinski definition) is 2. The van der Waals surface area contributed by atoms with Gasteiger partial charge in [0.2, 0.25) is 0 Å². The van der Waals surface area contributed by atoms with E-state index in [9.17, 15) is 4.79 Å². The predicted octanol–water partition coefficient (Wildman–Crippen LogP) is 4.24. The van der Waals surface area contributed by atoms with Gasteiger partial charge in [0.1, 0.15) is 0 Å². The van der Waals surface area contributed by atoms with Gasteiger partial charge in [-0.05, 0) is 61.8 Å². The topological polar surface area (TPSA) is 40.5 Å². The SMILES string of the molecule is Cc1cc(N2CCC3(CCCCC3)CC2)ccc1C(=O)O. The van der Waals surface area contributed by atoms with Gasteiger partial charge in [0.25, 0.3) is 0 Å². The van der Waals surface area contributed by atoms with Crippen molar-refractivity contribution in [2.24, 2.45) is 5.41 Å². The molecule has 1 aliphatic carbocycles. The number of hydrogen-bond donors (Lipinski definition) is 1. The maximum Gasteiger partial charge on any atom is 0.335 e. The zero-order chi connectivity index (χ0) is 14.9. The summed E-state index contributed by atoms with van der Waals surface area (Å²) in [7, 11) is 0. The first-order valence-electron chi connectivity index (χ1n) is 8.19. The fourth-order valence-corrected chi connectivity index (χ4v) is 4.13. The summed E-state index contributed by atoms with van der Waals surface area (Å²) in [6.45, 7) is 4.12. The van der Waals surface area contributed by atoms with Crippen molar-refractivity contribution in [3.8, 4) is 0 Å². The molecule has 0 atom stereocenters. The van der Waals surface area contributed by atoms with E-state index in [-0.39, 0.29) is 0 Å². The standard InChI is InChI=1S/C18H25NO2/c1-14-13-15(5-6-16(14)17(20)21)19-11-9-18(10-12-19)7-3-2-4-8-18/h5-6,13H,2-4,7-12H2,1H3,(H,20,21). The molecule has 1 aromatic carbocycles. The molecule has 3 nitrogen and oxygen atoms in total. The van der Waals surface area contributed by atoms with Crippen LogP contribution in [0.1, 0.15) is 60.9 Å². The number of aromatic carboxylic acids is 1. The quantitative estimate of drug-likeness (QED) is 0.884. The van der Waals surface area contributed by atoms with Crippen molar-refractivity contribution in [1.82, 2.24) is 0 Å². The molecule has 0 aromatic heterocycles. The summed E-state index contributed by atoms with van der Waals surface area (Å²) in [5, 5.41) is 9.12. The van der Waals surface area contributed by atoms with E-state index in [0.717, 1.165) is 18.7 Å². The van der Waals surface area contributed by atoms with Crippen molar-refractivity contribution in [3.63, 3.8) is 0 Å². The molecule has 0 radical (unpaired) electrons. The molecule has 1 spiro atoms. The van der Waals surface area contributed by atoms with E-state index in [0.29, 0.717) is 11.0 Å². The molecular weight excluding hydrogens is 262 g/mol. The van der Waals surface area contributed by atoms with Crippen molar-refractivity contribution in [3.05, 3.63) is 29.3 Å². The third-order valence-electron chi connectivity index (χ3n) is 5.54. The van der Waals surface area contributed by atoms with E-state index in [2.05, 4.69) is 4.90 Å². The summed E-state index contributed by atoms with van der Waals surface area (Å²) in [6, 6.07) is 5.75. The van der Waals surface area contributed by atoms with Gasteiger partial charge in [0.15, 0.2) is 0 Å². The average molecular weight is 287 g/mol. The monoisotopic (exact) mass is 287 g/mol. The van der Waals surface area contributed by atoms with Gasteiger partial charge in [-0.3, -0.25) is 0 Å². The average Bonchev–Trinajstić information content (AvgIpc) is 2.48. The van der Waals surface area contributed by atoms with Gasteiger partial charge < -0.3 is 10.0 Å². The van der Waals surface area contributed by atoms with Crippen LogP contribution in [-0.4, -0.2) is 24.2 Å². The Kier molecular flexibility index (Phi) is 3.92. The lowest BCUT2D eigenvalue weighted by Gasteiger charge is -2.45. The van der Waals surface area contributed by atoms with Crippen LogP contribution in [-0.2, 0) is 0 Å². The number of benzene rings is 1. The summed E-state index contributed by atoms with van der Waals surface area (Å²) >= 11 is 0. The molecule has 1 saturated carbocycles. The molecule has 0 unspecified atom stereocenters. The first-order valence-corrected chi connectivity index (χ1v) is 8.19. The lowest BCUT2D eigenvalue weighted by atomic mass is 9.68. The van der Waals surface area contributed by atoms with E-state index in [1.54, 1.807) is 6.07 Å². The number of anilines is 1. The Morgan fingerprint density at radius 2 is 1.76 bits per heavy atom. The molecule has 1 N–H and O–H groups in total. The normalized spacial score (nSPS) is 21.5. The minimum atomic E-state index is -0.834. The molecule has 114 valence electrons. The minimum Gasteiger partial charge on any atom is -0.478 e. The van der Waals surface area contributed by atoms with Gasteiger partial charge >= 0.3 is 5.97 Å². The van der Waals surface area contributed by atoms with Crippen LogP contribution in [0.15, 0.2) is 18.2 Å². The molecule has 1 aromatic rings. The summed E-state index contributed by atoms with van der Waals surface area (Å²) in [4.78, 5) is 13.5. The number of carboxylic acid groups (broad SMARTS) is 1. The van der Waals surface area contributed by atoms with Crippen molar-refractivity contribution in [2.75, 3.05) is 18.0 Å². The minimum absolute atomic E-state index is 0.416. The van der Waals surface area contributed by atoms with Gasteiger partial charge in [-0.25, -0.2) is 4.79 Å². The van der Waals surface area contributed by atoms with Gasteiger partial charge in [-0.1, -0.05) is 19.3 Å². The van der Waals surface area contributed by atoms with Crippen molar-refractivity contribution >= 4 is 11.7 Å². The van der Waals surface area contributed by atoms with Crippen LogP contribution in [0.5, 0.6) is 0 Å². The lowest BCUT2D eigenvalue weighted by molar-refractivity contribution is 0.0696. The second-order valence-electron chi connectivity index (χ2n) is 6.85. The molecule has 3 heteroatoms. The fraction of sp³-hybridized carbons (Fsp3) is 0.611. The molecule has 2 aliphatic rings. The summed E-state index contributed by atoms with van der Waals surface area (Å²) in [5.41, 5.74) is 3.07. The number of aryl methyl sites for hydroxylation is 1. The Balaban J connectivity index is 1.69. The Hall–Kier alpha value is -1.51. The van der Waals surface area contributed by atoms with Gasteiger partial charge in [-0.2, -0.15) is 0 Å². The van der Waals surface area contributed by atoms with E-state index in [1.807, 2.05) is 19.1 Å². The number of nitrogens with zero attached hydrogens (tertiary/aromatic N) is 1. The lowest BCUT2D eigenvalue weighted by Crippen LogP contribution is -2.41. The summed E-state index contributed by atoms with van der Waals surface area (Å²) in [5.74, 6) is -0.834. The second kappa shape index (κ2) is 5.70. The molecule has 0 amide bonds. The Bertz CT molecular complexity index is 522. The maximum absolute atomic E-state index is 11.1. The molecule has 21 heavy (non-hydrogen) atoms. The van der Waals surface area contributed by atoms with Crippen molar-refractivity contribution in [2.45, 2.75) is 51.9 Å². The summed E-state index contributed by atoms with van der Waals surface area (Å²) in [6.07, 6.45) is 9.66. The van der Waals surface area contributed by atoms with Crippen LogP contribution >= 0.6 is 0 Å². The number of carbonyl (C=O) groups is 1. The molecule has 2 fully saturated rings. The first kappa shape index (κ1) is 14.4. The molecule has 1 heterocycles. The van der Waals surface area contributed by atoms with E-state index >= 15 is 0 Å². The highest BCUT2D eigenvalue weighted by atomic mass is 16.4. The van der Waals surface area contributed by atoms with Crippen LogP contribution < -0.4 is 4.90 Å². The first-order chi connectivity index (χ1) is 10.1. The Labute approximate surface area is 127 Å². The Morgan fingerprint density at radius 3 is 2.33 bits per heavy atom. The number of piperidine rings is 1. The zero-order valence-corrected chi connectivity index (χ0v) is 12.9. The van der Waals surface area contributed by atoms with Crippen LogP contribution in [0.25, 0.3) is 0 Å². The third-order valence-corrected chi connectivity index (χ3v) is 5.54. The summed E-state index contributed by atoms with van der Waals surface area (Å²) < 4.78 is 0. The molecule has 1 aliphatic heterocycles. The highest BCUT2D eigenvalue weighted by Gasteiger charge is 2.35. The van der Waals surface area contributed by atoms with Crippen LogP contribution in [0, 0.1) is 12.3 Å². The van der Waals surface area contributed by atoms with Crippen LogP contribution in [0.3, 0.4) is 0 Å². The van der Waals surface area contributed by atoms with E-state index in [1.165, 1.54) is 50.6 Å². The van der Waals surface area contributed by atoms with Gasteiger partial charge in [0, 0.05) is 18.8 Å². The van der Waals surface area contributed by atoms with Crippen molar-refractivity contribution in [1.29, 1.82) is 0 Å². The molecule has 3 rings (SSSR count). The fourth-order valence-electron chi connectivity index (χ4n) is 4.13. The molecule has 0 bridgehead atoms. The van der Waals surface area contributed by atoms with Gasteiger partial charge in [0.05, 0.1) is 5.56 Å². The van der Waals surface area contributed by atoms with Gasteiger partial charge in [-0.15, -0.1) is 0 Å². The third kappa shape index (κ3) is 2.92. The number of rotatable bonds is 2. The predicted molar refractivity (Wildman–Crippen MR) is 85.1 cm³/mol. The van der Waals surface area contributed by atoms with Crippen molar-refractivity contribution < 1.29 is 9.90 Å². The van der Waals surface area contributed by atoms with Crippen LogP contribution in [0.4, 0.5) is 5.69 Å². The smallest absolute Gasteiger partial charge is 0.335 e. The number of carboxylic acids is 1. The second-order valence-corrected chi connectivity index (χ2v) is 6.85. The zero-order valence-electron chi connectivity index (χ0n) is 12.9. The van der Waals surface area contributed by atoms with Crippen LogP contribution in [0.2, 0.25) is 0 Å². The maximum atomic E-state index is 11.1. The molecular formula is C18H25NO2. The largest absolute Gasteiger partial charge is 0.478 e. The van der Waals surface area contributed by atoms with E-state index < -0.39 is 5.97 Å². The Morgan fingerprint density at radius 1 is 1.10 bits per heavy atom. The highest BCUT2D eigenvalue weighted by molar-refractivity contribution is 5.89. The highest BCUT2D eigenvalue weighted by Crippen LogP contribution is 2.45. The van der Waals surface area contributed by atoms with E-state index in [4.69, 9.17) is 5.11 Å². The molecule has 1 saturated heterocycles.